The summed E-state index contributed by atoms with van der Waals surface area (Å²) in [6.07, 6.45) is 3.01. The molecule has 0 saturated carbocycles. The van der Waals surface area contributed by atoms with E-state index in [0.29, 0.717) is 47.2 Å². The molecule has 0 unspecified atom stereocenters. The van der Waals surface area contributed by atoms with Gasteiger partial charge in [0.25, 0.3) is 5.91 Å². The molecule has 0 fully saturated rings. The highest BCUT2D eigenvalue weighted by Gasteiger charge is 2.27. The fraction of sp³-hybridized carbons (Fsp3) is 0.375. The molecule has 2 aromatic carbocycles. The lowest BCUT2D eigenvalue weighted by Crippen LogP contribution is -2.49. The Morgan fingerprint density at radius 1 is 1.06 bits per heavy atom. The quantitative estimate of drug-likeness (QED) is 0.447. The van der Waals surface area contributed by atoms with Crippen molar-refractivity contribution in [3.63, 3.8) is 0 Å². The molecule has 0 aliphatic carbocycles. The van der Waals surface area contributed by atoms with E-state index >= 15 is 0 Å². The number of benzene rings is 2. The molecule has 0 aliphatic heterocycles. The molecular weight excluding hydrogens is 464 g/mol. The summed E-state index contributed by atoms with van der Waals surface area (Å²) in [5.74, 6) is 0.412. The molecule has 33 heavy (non-hydrogen) atoms. The second-order valence-corrected chi connectivity index (χ2v) is 8.60. The first-order valence-corrected chi connectivity index (χ1v) is 12.2. The Bertz CT molecular complexity index is 921. The summed E-state index contributed by atoms with van der Waals surface area (Å²) in [5, 5.41) is 3.39. The van der Waals surface area contributed by atoms with Gasteiger partial charge in [0.05, 0.1) is 14.2 Å². The third-order valence-corrected chi connectivity index (χ3v) is 5.86. The van der Waals surface area contributed by atoms with Gasteiger partial charge in [-0.2, -0.15) is 11.8 Å². The van der Waals surface area contributed by atoms with Crippen LogP contribution in [0.25, 0.3) is 0 Å². The van der Waals surface area contributed by atoms with E-state index in [4.69, 9.17) is 21.1 Å². The number of anilines is 1. The number of hydrogen-bond donors (Lipinski definition) is 1. The number of carbonyl (C=O) groups excluding carboxylic acids is 3. The highest BCUT2D eigenvalue weighted by Crippen LogP contribution is 2.22. The van der Waals surface area contributed by atoms with Gasteiger partial charge in [0, 0.05) is 29.2 Å². The predicted molar refractivity (Wildman–Crippen MR) is 132 cm³/mol. The Balaban J connectivity index is 2.26. The number of rotatable bonds is 12. The van der Waals surface area contributed by atoms with Crippen molar-refractivity contribution in [1.82, 2.24) is 5.32 Å². The van der Waals surface area contributed by atoms with Crippen LogP contribution in [0, 0.1) is 0 Å². The first kappa shape index (κ1) is 26.5. The van der Waals surface area contributed by atoms with Crippen LogP contribution in [0.3, 0.4) is 0 Å². The number of carbonyl (C=O) groups is 3. The van der Waals surface area contributed by atoms with Crippen LogP contribution in [0.1, 0.15) is 29.6 Å². The zero-order valence-corrected chi connectivity index (χ0v) is 20.6. The van der Waals surface area contributed by atoms with Gasteiger partial charge in [-0.15, -0.1) is 0 Å². The van der Waals surface area contributed by atoms with Gasteiger partial charge in [0.2, 0.25) is 5.91 Å². The molecule has 0 bridgehead atoms. The standard InChI is InChI=1S/C24H29ClN2O5S/c1-31-20-12-10-19(11-13-20)27(15-4-5-22(28)32-2)24(30)21(14-16-33-3)26-23(29)17-6-8-18(25)9-7-17/h6-13,21H,4-5,14-16H2,1-3H3,(H,26,29)/t21-/m0/s1. The van der Waals surface area contributed by atoms with Crippen molar-refractivity contribution in [2.45, 2.75) is 25.3 Å². The van der Waals surface area contributed by atoms with Gasteiger partial charge in [-0.1, -0.05) is 11.6 Å². The number of esters is 1. The highest BCUT2D eigenvalue weighted by atomic mass is 35.5. The number of nitrogens with zero attached hydrogens (tertiary/aromatic N) is 1. The van der Waals surface area contributed by atoms with Gasteiger partial charge in [-0.25, -0.2) is 0 Å². The Morgan fingerprint density at radius 3 is 2.30 bits per heavy atom. The highest BCUT2D eigenvalue weighted by molar-refractivity contribution is 7.98. The average Bonchev–Trinajstić information content (AvgIpc) is 2.84. The molecule has 0 saturated heterocycles. The maximum Gasteiger partial charge on any atom is 0.305 e. The third kappa shape index (κ3) is 8.29. The topological polar surface area (TPSA) is 84.9 Å². The molecule has 2 rings (SSSR count). The summed E-state index contributed by atoms with van der Waals surface area (Å²) in [7, 11) is 2.90. The molecule has 2 amide bonds. The number of methoxy groups -OCH3 is 2. The third-order valence-electron chi connectivity index (χ3n) is 4.96. The molecule has 2 aromatic rings. The summed E-state index contributed by atoms with van der Waals surface area (Å²) >= 11 is 7.51. The van der Waals surface area contributed by atoms with E-state index < -0.39 is 6.04 Å². The van der Waals surface area contributed by atoms with E-state index in [1.807, 2.05) is 6.26 Å². The normalized spacial score (nSPS) is 11.4. The molecule has 1 atom stereocenters. The van der Waals surface area contributed by atoms with Crippen LogP contribution in [0.15, 0.2) is 48.5 Å². The number of hydrogen-bond acceptors (Lipinski definition) is 6. The molecule has 0 aromatic heterocycles. The second kappa shape index (κ2) is 13.7. The predicted octanol–water partition coefficient (Wildman–Crippen LogP) is 4.19. The molecule has 1 N–H and O–H groups in total. The Morgan fingerprint density at radius 2 is 1.73 bits per heavy atom. The summed E-state index contributed by atoms with van der Waals surface area (Å²) in [4.78, 5) is 39.6. The number of nitrogens with one attached hydrogen (secondary N) is 1. The Kier molecular flexibility index (Phi) is 11.1. The van der Waals surface area contributed by atoms with Gasteiger partial charge < -0.3 is 19.7 Å². The van der Waals surface area contributed by atoms with E-state index in [0.717, 1.165) is 0 Å². The van der Waals surface area contributed by atoms with Gasteiger partial charge in [-0.05, 0) is 73.4 Å². The Labute approximate surface area is 203 Å². The molecular formula is C24H29ClN2O5S. The second-order valence-electron chi connectivity index (χ2n) is 7.18. The summed E-state index contributed by atoms with van der Waals surface area (Å²) in [6.45, 7) is 0.298. The van der Waals surface area contributed by atoms with Gasteiger partial charge >= 0.3 is 5.97 Å². The van der Waals surface area contributed by atoms with Gasteiger partial charge in [0.1, 0.15) is 11.8 Å². The monoisotopic (exact) mass is 492 g/mol. The van der Waals surface area contributed by atoms with Crippen LogP contribution in [0.5, 0.6) is 5.75 Å². The summed E-state index contributed by atoms with van der Waals surface area (Å²) in [5.41, 5.74) is 1.07. The Hall–Kier alpha value is -2.71. The minimum Gasteiger partial charge on any atom is -0.497 e. The number of thioether (sulfide) groups is 1. The van der Waals surface area contributed by atoms with Crippen LogP contribution < -0.4 is 15.0 Å². The molecule has 0 radical (unpaired) electrons. The maximum absolute atomic E-state index is 13.6. The molecule has 178 valence electrons. The van der Waals surface area contributed by atoms with Gasteiger partial charge in [0.15, 0.2) is 0 Å². The van der Waals surface area contributed by atoms with Crippen LogP contribution in [0.4, 0.5) is 5.69 Å². The summed E-state index contributed by atoms with van der Waals surface area (Å²) < 4.78 is 9.92. The van der Waals surface area contributed by atoms with E-state index in [2.05, 4.69) is 5.32 Å². The van der Waals surface area contributed by atoms with Crippen LogP contribution in [-0.2, 0) is 14.3 Å². The lowest BCUT2D eigenvalue weighted by Gasteiger charge is -2.28. The van der Waals surface area contributed by atoms with Crippen molar-refractivity contribution in [2.24, 2.45) is 0 Å². The summed E-state index contributed by atoms with van der Waals surface area (Å²) in [6, 6.07) is 12.8. The molecule has 0 heterocycles. The molecule has 0 spiro atoms. The zero-order chi connectivity index (χ0) is 24.2. The van der Waals surface area contributed by atoms with Crippen molar-refractivity contribution >= 4 is 46.8 Å². The maximum atomic E-state index is 13.6. The van der Waals surface area contributed by atoms with Gasteiger partial charge in [-0.3, -0.25) is 14.4 Å². The van der Waals surface area contributed by atoms with E-state index in [1.165, 1.54) is 7.11 Å². The lowest BCUT2D eigenvalue weighted by molar-refractivity contribution is -0.140. The smallest absolute Gasteiger partial charge is 0.305 e. The first-order valence-electron chi connectivity index (χ1n) is 10.5. The SMILES string of the molecule is COC(=O)CCCN(C(=O)[C@H](CCSC)NC(=O)c1ccc(Cl)cc1)c1ccc(OC)cc1. The van der Waals surface area contributed by atoms with E-state index in [1.54, 1.807) is 72.3 Å². The fourth-order valence-electron chi connectivity index (χ4n) is 3.14. The number of ether oxygens (including phenoxy) is 2. The number of amides is 2. The average molecular weight is 493 g/mol. The van der Waals surface area contributed by atoms with E-state index in [9.17, 15) is 14.4 Å². The van der Waals surface area contributed by atoms with Crippen molar-refractivity contribution in [3.8, 4) is 5.75 Å². The fourth-order valence-corrected chi connectivity index (χ4v) is 3.73. The molecule has 7 nitrogen and oxygen atoms in total. The van der Waals surface area contributed by atoms with Crippen LogP contribution in [-0.4, -0.2) is 56.6 Å². The minimum absolute atomic E-state index is 0.184. The van der Waals surface area contributed by atoms with Crippen LogP contribution >= 0.6 is 23.4 Å². The zero-order valence-electron chi connectivity index (χ0n) is 19.0. The van der Waals surface area contributed by atoms with Crippen molar-refractivity contribution in [1.29, 1.82) is 0 Å². The van der Waals surface area contributed by atoms with Crippen molar-refractivity contribution in [2.75, 3.05) is 37.7 Å². The largest absolute Gasteiger partial charge is 0.497 e. The van der Waals surface area contributed by atoms with E-state index in [-0.39, 0.29) is 24.2 Å². The number of halogens is 1. The van der Waals surface area contributed by atoms with Crippen LogP contribution in [0.2, 0.25) is 5.02 Å². The first-order chi connectivity index (χ1) is 15.9. The lowest BCUT2D eigenvalue weighted by atomic mass is 10.1. The molecule has 0 aliphatic rings. The van der Waals surface area contributed by atoms with Crippen molar-refractivity contribution < 1.29 is 23.9 Å². The van der Waals surface area contributed by atoms with Crippen molar-refractivity contribution in [3.05, 3.63) is 59.1 Å². The minimum atomic E-state index is -0.735. The molecule has 9 heteroatoms.